The number of hydrogen-bond donors (Lipinski definition) is 1. The Balaban J connectivity index is 1.88. The third-order valence-corrected chi connectivity index (χ3v) is 3.74. The van der Waals surface area contributed by atoms with Crippen molar-refractivity contribution >= 4 is 0 Å². The van der Waals surface area contributed by atoms with Crippen LogP contribution in [-0.2, 0) is 0 Å². The second-order valence-electron chi connectivity index (χ2n) is 5.01. The number of benzene rings is 1. The number of nitrogens with two attached hydrogens (primary N) is 1. The van der Waals surface area contributed by atoms with E-state index in [4.69, 9.17) is 15.0 Å². The first-order valence-corrected chi connectivity index (χ1v) is 6.62. The van der Waals surface area contributed by atoms with E-state index in [1.165, 1.54) is 13.2 Å². The zero-order valence-corrected chi connectivity index (χ0v) is 11.2. The van der Waals surface area contributed by atoms with Crippen LogP contribution >= 0.6 is 0 Å². The van der Waals surface area contributed by atoms with Crippen molar-refractivity contribution in [3.05, 3.63) is 29.9 Å². The van der Waals surface area contributed by atoms with Gasteiger partial charge in [0.15, 0.2) is 11.6 Å². The van der Waals surface area contributed by atoms with Gasteiger partial charge in [0.25, 0.3) is 0 Å². The Hall–Kier alpha value is -1.95. The van der Waals surface area contributed by atoms with Gasteiger partial charge in [-0.2, -0.15) is 4.98 Å². The average Bonchev–Trinajstić information content (AvgIpc) is 3.07. The van der Waals surface area contributed by atoms with Crippen LogP contribution in [0.2, 0.25) is 0 Å². The summed E-state index contributed by atoms with van der Waals surface area (Å²) >= 11 is 0. The molecule has 0 bridgehead atoms. The molecule has 1 aromatic heterocycles. The van der Waals surface area contributed by atoms with Crippen molar-refractivity contribution in [3.8, 4) is 17.1 Å². The molecule has 0 aliphatic heterocycles. The standard InChI is InChI=1S/C14H16FN3O2/c1-19-12-6-5-8(7-10(12)15)13-17-14(20-18-13)9-3-2-4-11(9)16/h5-7,9,11H,2-4,16H2,1H3. The van der Waals surface area contributed by atoms with Gasteiger partial charge in [0.2, 0.25) is 11.7 Å². The van der Waals surface area contributed by atoms with Crippen LogP contribution in [0.25, 0.3) is 11.4 Å². The van der Waals surface area contributed by atoms with Gasteiger partial charge in [-0.1, -0.05) is 11.6 Å². The van der Waals surface area contributed by atoms with Crippen LogP contribution in [0.15, 0.2) is 22.7 Å². The molecule has 2 atom stereocenters. The maximum absolute atomic E-state index is 13.7. The molecule has 0 spiro atoms. The molecule has 3 rings (SSSR count). The van der Waals surface area contributed by atoms with Crippen molar-refractivity contribution < 1.29 is 13.7 Å². The smallest absolute Gasteiger partial charge is 0.231 e. The number of ether oxygens (including phenoxy) is 1. The van der Waals surface area contributed by atoms with Gasteiger partial charge in [0.05, 0.1) is 13.0 Å². The Morgan fingerprint density at radius 3 is 2.90 bits per heavy atom. The molecule has 1 saturated carbocycles. The van der Waals surface area contributed by atoms with E-state index in [-0.39, 0.29) is 17.7 Å². The molecule has 20 heavy (non-hydrogen) atoms. The zero-order valence-electron chi connectivity index (χ0n) is 11.2. The predicted octanol–water partition coefficient (Wildman–Crippen LogP) is 2.48. The summed E-state index contributed by atoms with van der Waals surface area (Å²) in [4.78, 5) is 4.34. The molecule has 1 aliphatic carbocycles. The Labute approximate surface area is 115 Å². The first-order valence-electron chi connectivity index (χ1n) is 6.62. The van der Waals surface area contributed by atoms with Gasteiger partial charge in [-0.3, -0.25) is 0 Å². The van der Waals surface area contributed by atoms with Gasteiger partial charge < -0.3 is 15.0 Å². The number of rotatable bonds is 3. The highest BCUT2D eigenvalue weighted by molar-refractivity contribution is 5.56. The third-order valence-electron chi connectivity index (χ3n) is 3.74. The molecule has 1 heterocycles. The largest absolute Gasteiger partial charge is 0.494 e. The van der Waals surface area contributed by atoms with Gasteiger partial charge in [-0.05, 0) is 31.0 Å². The fraction of sp³-hybridized carbons (Fsp3) is 0.429. The summed E-state index contributed by atoms with van der Waals surface area (Å²) in [6, 6.07) is 4.64. The molecule has 2 N–H and O–H groups in total. The number of hydrogen-bond acceptors (Lipinski definition) is 5. The van der Waals surface area contributed by atoms with Gasteiger partial charge >= 0.3 is 0 Å². The van der Waals surface area contributed by atoms with Crippen LogP contribution in [0.5, 0.6) is 5.75 Å². The molecule has 2 unspecified atom stereocenters. The maximum Gasteiger partial charge on any atom is 0.231 e. The minimum absolute atomic E-state index is 0.0657. The Morgan fingerprint density at radius 1 is 1.40 bits per heavy atom. The second kappa shape index (κ2) is 5.20. The van der Waals surface area contributed by atoms with Crippen molar-refractivity contribution in [1.82, 2.24) is 10.1 Å². The predicted molar refractivity (Wildman–Crippen MR) is 70.8 cm³/mol. The lowest BCUT2D eigenvalue weighted by Crippen LogP contribution is -2.22. The van der Waals surface area contributed by atoms with Crippen LogP contribution in [-0.4, -0.2) is 23.3 Å². The highest BCUT2D eigenvalue weighted by Crippen LogP contribution is 2.33. The third kappa shape index (κ3) is 2.27. The summed E-state index contributed by atoms with van der Waals surface area (Å²) in [6.45, 7) is 0. The van der Waals surface area contributed by atoms with Gasteiger partial charge in [-0.15, -0.1) is 0 Å². The lowest BCUT2D eigenvalue weighted by Gasteiger charge is -2.08. The zero-order chi connectivity index (χ0) is 14.1. The summed E-state index contributed by atoms with van der Waals surface area (Å²) in [5.74, 6) is 0.769. The molecule has 1 aliphatic rings. The summed E-state index contributed by atoms with van der Waals surface area (Å²) < 4.78 is 23.8. The Morgan fingerprint density at radius 2 is 2.25 bits per heavy atom. The number of methoxy groups -OCH3 is 1. The Bertz CT molecular complexity index is 614. The maximum atomic E-state index is 13.7. The summed E-state index contributed by atoms with van der Waals surface area (Å²) in [6.07, 6.45) is 3.00. The SMILES string of the molecule is COc1ccc(-c2noc(C3CCCC3N)n2)cc1F. The molecule has 0 amide bonds. The van der Waals surface area contributed by atoms with Crippen molar-refractivity contribution in [2.45, 2.75) is 31.2 Å². The fourth-order valence-corrected chi connectivity index (χ4v) is 2.60. The van der Waals surface area contributed by atoms with E-state index in [1.54, 1.807) is 12.1 Å². The van der Waals surface area contributed by atoms with Crippen molar-refractivity contribution in [2.24, 2.45) is 5.73 Å². The monoisotopic (exact) mass is 277 g/mol. The first kappa shape index (κ1) is 13.1. The fourth-order valence-electron chi connectivity index (χ4n) is 2.60. The van der Waals surface area contributed by atoms with Crippen molar-refractivity contribution in [1.29, 1.82) is 0 Å². The average molecular weight is 277 g/mol. The summed E-state index contributed by atoms with van der Waals surface area (Å²) in [7, 11) is 1.42. The topological polar surface area (TPSA) is 74.2 Å². The number of nitrogens with zero attached hydrogens (tertiary/aromatic N) is 2. The molecule has 2 aromatic rings. The molecule has 0 radical (unpaired) electrons. The molecule has 6 heteroatoms. The van der Waals surface area contributed by atoms with E-state index in [1.807, 2.05) is 0 Å². The van der Waals surface area contributed by atoms with E-state index < -0.39 is 5.82 Å². The van der Waals surface area contributed by atoms with Crippen molar-refractivity contribution in [3.63, 3.8) is 0 Å². The highest BCUT2D eigenvalue weighted by atomic mass is 19.1. The normalized spacial score (nSPS) is 22.1. The molecule has 106 valence electrons. The summed E-state index contributed by atoms with van der Waals surface area (Å²) in [5.41, 5.74) is 6.58. The number of halogens is 1. The molecule has 1 aromatic carbocycles. The van der Waals surface area contributed by atoms with E-state index in [0.29, 0.717) is 17.3 Å². The van der Waals surface area contributed by atoms with Gasteiger partial charge in [-0.25, -0.2) is 4.39 Å². The Kier molecular flexibility index (Phi) is 3.40. The number of aromatic nitrogens is 2. The molecule has 0 saturated heterocycles. The van der Waals surface area contributed by atoms with Crippen LogP contribution in [0, 0.1) is 5.82 Å². The lowest BCUT2D eigenvalue weighted by atomic mass is 10.1. The van der Waals surface area contributed by atoms with Gasteiger partial charge in [0, 0.05) is 11.6 Å². The van der Waals surface area contributed by atoms with Crippen molar-refractivity contribution in [2.75, 3.05) is 7.11 Å². The quantitative estimate of drug-likeness (QED) is 0.932. The van der Waals surface area contributed by atoms with E-state index in [0.717, 1.165) is 19.3 Å². The lowest BCUT2D eigenvalue weighted by molar-refractivity contribution is 0.345. The molecular weight excluding hydrogens is 261 g/mol. The van der Waals surface area contributed by atoms with E-state index in [2.05, 4.69) is 10.1 Å². The minimum Gasteiger partial charge on any atom is -0.494 e. The van der Waals surface area contributed by atoms with Crippen LogP contribution < -0.4 is 10.5 Å². The van der Waals surface area contributed by atoms with Gasteiger partial charge in [0.1, 0.15) is 0 Å². The molecular formula is C14H16FN3O2. The molecule has 1 fully saturated rings. The van der Waals surface area contributed by atoms with E-state index in [9.17, 15) is 4.39 Å². The highest BCUT2D eigenvalue weighted by Gasteiger charge is 2.30. The first-order chi connectivity index (χ1) is 9.69. The van der Waals surface area contributed by atoms with Crippen LogP contribution in [0.4, 0.5) is 4.39 Å². The minimum atomic E-state index is -0.450. The second-order valence-corrected chi connectivity index (χ2v) is 5.01. The van der Waals surface area contributed by atoms with Crippen LogP contribution in [0.1, 0.15) is 31.1 Å². The summed E-state index contributed by atoms with van der Waals surface area (Å²) in [5, 5.41) is 3.91. The van der Waals surface area contributed by atoms with Crippen LogP contribution in [0.3, 0.4) is 0 Å². The molecule has 5 nitrogen and oxygen atoms in total. The van der Waals surface area contributed by atoms with E-state index >= 15 is 0 Å².